The zero-order chi connectivity index (χ0) is 32.9. The second-order valence-corrected chi connectivity index (χ2v) is 12.8. The van der Waals surface area contributed by atoms with E-state index < -0.39 is 27.4 Å². The SMILES string of the molecule is COc1cc(OC)c(F)c(N(CCCOS(C)(=O)=O)c2ccc3ncn(C4CCN(C(=O)OCC(C)C)CC4)c(=O)c3c2)c1F. The largest absolute Gasteiger partial charge is 0.493 e. The first kappa shape index (κ1) is 33.9. The molecule has 4 rings (SSSR count). The van der Waals surface area contributed by atoms with E-state index in [1.54, 1.807) is 17.0 Å². The van der Waals surface area contributed by atoms with Crippen molar-refractivity contribution in [1.82, 2.24) is 14.5 Å². The van der Waals surface area contributed by atoms with E-state index in [0.29, 0.717) is 38.1 Å². The first-order chi connectivity index (χ1) is 21.3. The minimum absolute atomic E-state index is 0.0545. The van der Waals surface area contributed by atoms with Gasteiger partial charge in [0.15, 0.2) is 23.1 Å². The number of amides is 1. The van der Waals surface area contributed by atoms with Crippen molar-refractivity contribution in [2.45, 2.75) is 39.2 Å². The second-order valence-electron chi connectivity index (χ2n) is 11.1. The van der Waals surface area contributed by atoms with Gasteiger partial charge in [0.1, 0.15) is 5.69 Å². The highest BCUT2D eigenvalue weighted by molar-refractivity contribution is 7.85. The van der Waals surface area contributed by atoms with Gasteiger partial charge >= 0.3 is 6.09 Å². The molecule has 0 bridgehead atoms. The fraction of sp³-hybridized carbons (Fsp3) is 0.500. The van der Waals surface area contributed by atoms with Gasteiger partial charge in [-0.25, -0.2) is 18.6 Å². The Morgan fingerprint density at radius 3 is 2.31 bits per heavy atom. The lowest BCUT2D eigenvalue weighted by Gasteiger charge is -2.32. The highest BCUT2D eigenvalue weighted by Crippen LogP contribution is 2.40. The smallest absolute Gasteiger partial charge is 0.409 e. The number of ether oxygens (including phenoxy) is 3. The average molecular weight is 653 g/mol. The third-order valence-corrected chi connectivity index (χ3v) is 7.97. The lowest BCUT2D eigenvalue weighted by Crippen LogP contribution is -2.41. The molecule has 2 aromatic carbocycles. The molecule has 1 saturated heterocycles. The van der Waals surface area contributed by atoms with Gasteiger partial charge in [-0.05, 0) is 43.4 Å². The van der Waals surface area contributed by atoms with Crippen LogP contribution in [0.3, 0.4) is 0 Å². The Labute approximate surface area is 260 Å². The first-order valence-electron chi connectivity index (χ1n) is 14.5. The molecule has 1 fully saturated rings. The van der Waals surface area contributed by atoms with Crippen LogP contribution in [0, 0.1) is 17.6 Å². The van der Waals surface area contributed by atoms with E-state index in [0.717, 1.165) is 12.3 Å². The number of methoxy groups -OCH3 is 2. The number of likely N-dealkylation sites (tertiary alicyclic amines) is 1. The van der Waals surface area contributed by atoms with Crippen molar-refractivity contribution in [2.75, 3.05) is 58.2 Å². The summed E-state index contributed by atoms with van der Waals surface area (Å²) in [5.74, 6) is -2.35. The number of benzene rings is 2. The van der Waals surface area contributed by atoms with E-state index in [2.05, 4.69) is 4.98 Å². The van der Waals surface area contributed by atoms with Crippen LogP contribution in [-0.2, 0) is 19.0 Å². The molecule has 0 radical (unpaired) electrons. The minimum Gasteiger partial charge on any atom is -0.493 e. The molecule has 0 atom stereocenters. The van der Waals surface area contributed by atoms with Crippen molar-refractivity contribution in [2.24, 2.45) is 5.92 Å². The molecule has 12 nitrogen and oxygen atoms in total. The number of carbonyl (C=O) groups excluding carboxylic acids is 1. The Bertz CT molecular complexity index is 1660. The first-order valence-corrected chi connectivity index (χ1v) is 16.3. The van der Waals surface area contributed by atoms with Gasteiger partial charge in [-0.3, -0.25) is 13.5 Å². The third kappa shape index (κ3) is 8.00. The fourth-order valence-electron chi connectivity index (χ4n) is 5.12. The molecule has 2 heterocycles. The Morgan fingerprint density at radius 1 is 1.09 bits per heavy atom. The molecule has 0 N–H and O–H groups in total. The number of nitrogens with zero attached hydrogens (tertiary/aromatic N) is 4. The predicted molar refractivity (Wildman–Crippen MR) is 164 cm³/mol. The number of hydrogen-bond acceptors (Lipinski definition) is 10. The van der Waals surface area contributed by atoms with Crippen molar-refractivity contribution >= 4 is 38.5 Å². The quantitative estimate of drug-likeness (QED) is 0.202. The van der Waals surface area contributed by atoms with E-state index in [-0.39, 0.29) is 65.8 Å². The van der Waals surface area contributed by atoms with E-state index >= 15 is 8.78 Å². The van der Waals surface area contributed by atoms with Crippen LogP contribution in [0.2, 0.25) is 0 Å². The van der Waals surface area contributed by atoms with Gasteiger partial charge in [0, 0.05) is 37.4 Å². The van der Waals surface area contributed by atoms with Crippen LogP contribution < -0.4 is 19.9 Å². The molecule has 0 aliphatic carbocycles. The van der Waals surface area contributed by atoms with Crippen LogP contribution >= 0.6 is 0 Å². The molecule has 1 aromatic heterocycles. The lowest BCUT2D eigenvalue weighted by atomic mass is 10.0. The van der Waals surface area contributed by atoms with Crippen LogP contribution in [-0.4, -0.2) is 82.3 Å². The van der Waals surface area contributed by atoms with Crippen LogP contribution in [0.25, 0.3) is 10.9 Å². The normalized spacial score (nSPS) is 14.2. The number of aromatic nitrogens is 2. The van der Waals surface area contributed by atoms with Crippen LogP contribution in [0.1, 0.15) is 39.2 Å². The van der Waals surface area contributed by atoms with Crippen LogP contribution in [0.4, 0.5) is 25.0 Å². The van der Waals surface area contributed by atoms with Crippen molar-refractivity contribution in [3.8, 4) is 11.5 Å². The summed E-state index contributed by atoms with van der Waals surface area (Å²) in [6.45, 7) is 4.72. The maximum Gasteiger partial charge on any atom is 0.409 e. The van der Waals surface area contributed by atoms with Gasteiger partial charge in [0.25, 0.3) is 15.7 Å². The van der Waals surface area contributed by atoms with E-state index in [9.17, 15) is 18.0 Å². The summed E-state index contributed by atoms with van der Waals surface area (Å²) < 4.78 is 76.2. The molecule has 0 spiro atoms. The minimum atomic E-state index is -3.74. The molecule has 1 aliphatic heterocycles. The Hall–Kier alpha value is -3.98. The van der Waals surface area contributed by atoms with Gasteiger partial charge in [0.05, 0.1) is 50.9 Å². The zero-order valence-electron chi connectivity index (χ0n) is 25.9. The highest BCUT2D eigenvalue weighted by atomic mass is 32.2. The van der Waals surface area contributed by atoms with E-state index in [4.69, 9.17) is 18.4 Å². The number of rotatable bonds is 12. The summed E-state index contributed by atoms with van der Waals surface area (Å²) in [6, 6.07) is 5.47. The number of piperidine rings is 1. The maximum absolute atomic E-state index is 15.7. The summed E-state index contributed by atoms with van der Waals surface area (Å²) in [4.78, 5) is 33.5. The molecule has 0 unspecified atom stereocenters. The number of hydrogen-bond donors (Lipinski definition) is 0. The molecule has 1 amide bonds. The van der Waals surface area contributed by atoms with E-state index in [1.165, 1.54) is 36.1 Å². The summed E-state index contributed by atoms with van der Waals surface area (Å²) in [6.07, 6.45) is 3.06. The van der Waals surface area contributed by atoms with Crippen molar-refractivity contribution in [1.29, 1.82) is 0 Å². The molecular weight excluding hydrogens is 614 g/mol. The number of anilines is 2. The van der Waals surface area contributed by atoms with Gasteiger partial charge in [-0.1, -0.05) is 13.8 Å². The van der Waals surface area contributed by atoms with Gasteiger partial charge < -0.3 is 24.0 Å². The standard InChI is InChI=1S/C30H38F2N4O8S/c1-19(2)17-43-30(38)34-12-9-20(10-13-34)36-18-33-23-8-7-21(15-22(23)29(36)37)35(11-6-14-44-45(5,39)40)28-26(31)24(41-3)16-25(42-4)27(28)32/h7-8,15-16,18-20H,6,9-14,17H2,1-5H3. The molecule has 3 aromatic rings. The average Bonchev–Trinajstić information content (AvgIpc) is 3.01. The van der Waals surface area contributed by atoms with Crippen molar-refractivity contribution < 1.29 is 40.4 Å². The Morgan fingerprint density at radius 2 is 1.73 bits per heavy atom. The monoisotopic (exact) mass is 652 g/mol. The topological polar surface area (TPSA) is 130 Å². The zero-order valence-corrected chi connectivity index (χ0v) is 26.7. The van der Waals surface area contributed by atoms with E-state index in [1.807, 2.05) is 13.8 Å². The molecule has 1 aliphatic rings. The Kier molecular flexibility index (Phi) is 10.9. The summed E-state index contributed by atoms with van der Waals surface area (Å²) in [7, 11) is -1.28. The van der Waals surface area contributed by atoms with Gasteiger partial charge in [-0.15, -0.1) is 0 Å². The highest BCUT2D eigenvalue weighted by Gasteiger charge is 2.28. The van der Waals surface area contributed by atoms with Crippen molar-refractivity contribution in [3.05, 3.63) is 52.6 Å². The molecule has 45 heavy (non-hydrogen) atoms. The van der Waals surface area contributed by atoms with Gasteiger partial charge in [0.2, 0.25) is 0 Å². The number of carbonyl (C=O) groups is 1. The Balaban J connectivity index is 1.69. The number of halogens is 2. The van der Waals surface area contributed by atoms with Gasteiger partial charge in [-0.2, -0.15) is 8.42 Å². The number of fused-ring (bicyclic) bond motifs is 1. The second kappa shape index (κ2) is 14.4. The van der Waals surface area contributed by atoms with Crippen LogP contribution in [0.15, 0.2) is 35.4 Å². The van der Waals surface area contributed by atoms with Crippen LogP contribution in [0.5, 0.6) is 11.5 Å². The maximum atomic E-state index is 15.7. The summed E-state index contributed by atoms with van der Waals surface area (Å²) in [5.41, 5.74) is -0.244. The lowest BCUT2D eigenvalue weighted by molar-refractivity contribution is 0.0795. The predicted octanol–water partition coefficient (Wildman–Crippen LogP) is 4.63. The molecule has 246 valence electrons. The summed E-state index contributed by atoms with van der Waals surface area (Å²) in [5, 5.41) is 0.210. The molecular formula is C30H38F2N4O8S. The van der Waals surface area contributed by atoms with Crippen molar-refractivity contribution in [3.63, 3.8) is 0 Å². The molecule has 0 saturated carbocycles. The third-order valence-electron chi connectivity index (χ3n) is 7.38. The summed E-state index contributed by atoms with van der Waals surface area (Å²) >= 11 is 0. The fourth-order valence-corrected chi connectivity index (χ4v) is 5.54. The molecule has 15 heteroatoms.